The molecule has 0 bridgehead atoms. The van der Waals surface area contributed by atoms with E-state index < -0.39 is 0 Å². The Bertz CT molecular complexity index is 485. The Kier molecular flexibility index (Phi) is 3.06. The van der Waals surface area contributed by atoms with Gasteiger partial charge in [-0.25, -0.2) is 0 Å². The van der Waals surface area contributed by atoms with Crippen molar-refractivity contribution < 1.29 is 14.3 Å². The van der Waals surface area contributed by atoms with Crippen molar-refractivity contribution >= 4 is 11.8 Å². The first-order chi connectivity index (χ1) is 9.22. The number of hydrogen-bond acceptors (Lipinski definition) is 4. The third-order valence-corrected chi connectivity index (χ3v) is 3.39. The van der Waals surface area contributed by atoms with Crippen LogP contribution >= 0.6 is 0 Å². The highest BCUT2D eigenvalue weighted by molar-refractivity contribution is 5.91. The topological polar surface area (TPSA) is 71.5 Å². The van der Waals surface area contributed by atoms with E-state index in [9.17, 15) is 9.59 Å². The van der Waals surface area contributed by atoms with Gasteiger partial charge in [-0.05, 0) is 18.6 Å². The molecule has 2 saturated heterocycles. The summed E-state index contributed by atoms with van der Waals surface area (Å²) >= 11 is 0. The van der Waals surface area contributed by atoms with Gasteiger partial charge in [-0.2, -0.15) is 0 Å². The van der Waals surface area contributed by atoms with E-state index in [1.807, 2.05) is 12.1 Å². The highest BCUT2D eigenvalue weighted by atomic mass is 16.5. The molecule has 1 atom stereocenters. The molecular formula is C13H15N3O3. The van der Waals surface area contributed by atoms with Gasteiger partial charge in [0.1, 0.15) is 17.9 Å². The summed E-state index contributed by atoms with van der Waals surface area (Å²) in [6.45, 7) is 1.14. The van der Waals surface area contributed by atoms with Crippen LogP contribution < -0.4 is 10.1 Å². The number of carbonyl (C=O) groups is 2. The van der Waals surface area contributed by atoms with Gasteiger partial charge in [0, 0.05) is 12.6 Å². The van der Waals surface area contributed by atoms with Gasteiger partial charge in [-0.3, -0.25) is 14.6 Å². The van der Waals surface area contributed by atoms with Crippen LogP contribution in [0.5, 0.6) is 5.75 Å². The molecule has 1 N–H and O–H groups in total. The molecular weight excluding hydrogens is 246 g/mol. The summed E-state index contributed by atoms with van der Waals surface area (Å²) in [6, 6.07) is 3.31. The smallest absolute Gasteiger partial charge is 0.245 e. The van der Waals surface area contributed by atoms with Gasteiger partial charge >= 0.3 is 0 Å². The molecule has 2 fully saturated rings. The van der Waals surface area contributed by atoms with E-state index >= 15 is 0 Å². The van der Waals surface area contributed by atoms with Crippen LogP contribution in [-0.4, -0.2) is 46.9 Å². The molecule has 2 amide bonds. The average Bonchev–Trinajstić information content (AvgIpc) is 2.80. The number of nitrogens with zero attached hydrogens (tertiary/aromatic N) is 2. The Labute approximate surface area is 110 Å². The van der Waals surface area contributed by atoms with Crippen LogP contribution in [0, 0.1) is 0 Å². The number of likely N-dealkylation sites (tertiary alicyclic amines) is 1. The van der Waals surface area contributed by atoms with Crippen molar-refractivity contribution in [1.82, 2.24) is 15.2 Å². The molecule has 3 heterocycles. The normalized spacial score (nSPS) is 22.8. The molecule has 1 unspecified atom stereocenters. The lowest BCUT2D eigenvalue weighted by atomic mass is 10.1. The minimum Gasteiger partial charge on any atom is -0.485 e. The molecule has 2 aliphatic heterocycles. The van der Waals surface area contributed by atoms with E-state index in [0.717, 1.165) is 0 Å². The second-order valence-electron chi connectivity index (χ2n) is 4.83. The second-order valence-corrected chi connectivity index (χ2v) is 4.83. The lowest BCUT2D eigenvalue weighted by Gasteiger charge is -2.40. The number of rotatable bonds is 3. The van der Waals surface area contributed by atoms with Crippen LogP contribution in [0.3, 0.4) is 0 Å². The number of carbonyl (C=O) groups excluding carboxylic acids is 2. The summed E-state index contributed by atoms with van der Waals surface area (Å²) in [4.78, 5) is 28.8. The molecule has 1 aromatic rings. The summed E-state index contributed by atoms with van der Waals surface area (Å²) in [6.07, 6.45) is 4.40. The first-order valence-electron chi connectivity index (χ1n) is 6.37. The fraction of sp³-hybridized carbons (Fsp3) is 0.462. The van der Waals surface area contributed by atoms with Crippen molar-refractivity contribution in [2.45, 2.75) is 25.0 Å². The SMILES string of the molecule is O=C1CCC(C(=O)N2CC(Oc3cccnc3)C2)N1. The highest BCUT2D eigenvalue weighted by Crippen LogP contribution is 2.19. The maximum absolute atomic E-state index is 12.0. The lowest BCUT2D eigenvalue weighted by Crippen LogP contribution is -2.59. The summed E-state index contributed by atoms with van der Waals surface area (Å²) in [5.41, 5.74) is 0. The zero-order chi connectivity index (χ0) is 13.2. The highest BCUT2D eigenvalue weighted by Gasteiger charge is 2.38. The monoisotopic (exact) mass is 261 g/mol. The van der Waals surface area contributed by atoms with Crippen molar-refractivity contribution in [3.05, 3.63) is 24.5 Å². The van der Waals surface area contributed by atoms with E-state index in [4.69, 9.17) is 4.74 Å². The van der Waals surface area contributed by atoms with E-state index in [1.165, 1.54) is 0 Å². The molecule has 1 aromatic heterocycles. The summed E-state index contributed by atoms with van der Waals surface area (Å²) in [5.74, 6) is 0.674. The van der Waals surface area contributed by atoms with Crippen LogP contribution in [0.4, 0.5) is 0 Å². The first kappa shape index (κ1) is 12.0. The first-order valence-corrected chi connectivity index (χ1v) is 6.37. The molecule has 0 spiro atoms. The van der Waals surface area contributed by atoms with Crippen LogP contribution in [0.2, 0.25) is 0 Å². The molecule has 19 heavy (non-hydrogen) atoms. The number of amides is 2. The predicted molar refractivity (Wildman–Crippen MR) is 66.4 cm³/mol. The molecule has 2 aliphatic rings. The molecule has 6 heteroatoms. The molecule has 6 nitrogen and oxygen atoms in total. The second kappa shape index (κ2) is 4.87. The zero-order valence-electron chi connectivity index (χ0n) is 10.4. The molecule has 0 aromatic carbocycles. The zero-order valence-corrected chi connectivity index (χ0v) is 10.4. The van der Waals surface area contributed by atoms with Crippen molar-refractivity contribution in [2.24, 2.45) is 0 Å². The largest absolute Gasteiger partial charge is 0.485 e. The molecule has 0 radical (unpaired) electrons. The van der Waals surface area contributed by atoms with Gasteiger partial charge in [0.2, 0.25) is 11.8 Å². The quantitative estimate of drug-likeness (QED) is 0.828. The van der Waals surface area contributed by atoms with Gasteiger partial charge < -0.3 is 15.0 Å². The van der Waals surface area contributed by atoms with E-state index in [-0.39, 0.29) is 24.0 Å². The van der Waals surface area contributed by atoms with E-state index in [0.29, 0.717) is 31.7 Å². The van der Waals surface area contributed by atoms with E-state index in [2.05, 4.69) is 10.3 Å². The third-order valence-electron chi connectivity index (χ3n) is 3.39. The fourth-order valence-electron chi connectivity index (χ4n) is 2.32. The molecule has 3 rings (SSSR count). The Balaban J connectivity index is 1.47. The maximum atomic E-state index is 12.0. The molecule has 100 valence electrons. The predicted octanol–water partition coefficient (Wildman–Crippen LogP) is -0.0502. The van der Waals surface area contributed by atoms with Crippen molar-refractivity contribution in [2.75, 3.05) is 13.1 Å². The number of aromatic nitrogens is 1. The van der Waals surface area contributed by atoms with E-state index in [1.54, 1.807) is 17.3 Å². The van der Waals surface area contributed by atoms with Crippen LogP contribution in [0.25, 0.3) is 0 Å². The molecule has 0 saturated carbocycles. The van der Waals surface area contributed by atoms with Crippen LogP contribution in [0.15, 0.2) is 24.5 Å². The Morgan fingerprint density at radius 3 is 2.95 bits per heavy atom. The standard InChI is InChI=1S/C13H15N3O3/c17-12-4-3-11(15-12)13(18)16-7-10(8-16)19-9-2-1-5-14-6-9/h1-2,5-6,10-11H,3-4,7-8H2,(H,15,17). The lowest BCUT2D eigenvalue weighted by molar-refractivity contribution is -0.142. The van der Waals surface area contributed by atoms with Crippen molar-refractivity contribution in [3.63, 3.8) is 0 Å². The number of ether oxygens (including phenoxy) is 1. The Morgan fingerprint density at radius 2 is 2.32 bits per heavy atom. The Hall–Kier alpha value is -2.11. The average molecular weight is 261 g/mol. The van der Waals surface area contributed by atoms with Gasteiger partial charge in [0.05, 0.1) is 19.3 Å². The van der Waals surface area contributed by atoms with Crippen LogP contribution in [-0.2, 0) is 9.59 Å². The van der Waals surface area contributed by atoms with Crippen molar-refractivity contribution in [1.29, 1.82) is 0 Å². The summed E-state index contributed by atoms with van der Waals surface area (Å²) in [7, 11) is 0. The van der Waals surface area contributed by atoms with Gasteiger partial charge in [-0.1, -0.05) is 0 Å². The van der Waals surface area contributed by atoms with Crippen molar-refractivity contribution in [3.8, 4) is 5.75 Å². The van der Waals surface area contributed by atoms with Gasteiger partial charge in [0.25, 0.3) is 0 Å². The minimum absolute atomic E-state index is 0.00288. The molecule has 0 aliphatic carbocycles. The van der Waals surface area contributed by atoms with Gasteiger partial charge in [-0.15, -0.1) is 0 Å². The third kappa shape index (κ3) is 2.52. The van der Waals surface area contributed by atoms with Crippen LogP contribution in [0.1, 0.15) is 12.8 Å². The maximum Gasteiger partial charge on any atom is 0.245 e. The number of pyridine rings is 1. The summed E-state index contributed by atoms with van der Waals surface area (Å²) in [5, 5.41) is 2.69. The number of nitrogens with one attached hydrogen (secondary N) is 1. The fourth-order valence-corrected chi connectivity index (χ4v) is 2.32. The minimum atomic E-state index is -0.341. The van der Waals surface area contributed by atoms with Gasteiger partial charge in [0.15, 0.2) is 0 Å². The summed E-state index contributed by atoms with van der Waals surface area (Å²) < 4.78 is 5.67. The Morgan fingerprint density at radius 1 is 1.47 bits per heavy atom. The number of hydrogen-bond donors (Lipinski definition) is 1.